The Bertz CT molecular complexity index is 670. The zero-order valence-electron chi connectivity index (χ0n) is 9.77. The molecule has 0 aliphatic carbocycles. The zero-order valence-corrected chi connectivity index (χ0v) is 13.0. The van der Waals surface area contributed by atoms with Crippen molar-refractivity contribution in [2.24, 2.45) is 0 Å². The molecule has 1 aromatic carbocycles. The second kappa shape index (κ2) is 5.32. The molecule has 0 radical (unpaired) electrons. The SMILES string of the molecule is OC(Cc1cc(F)cc(Br)c1)c1cc2sccc2s1. The van der Waals surface area contributed by atoms with Gasteiger partial charge in [-0.15, -0.1) is 22.7 Å². The molecule has 5 heteroatoms. The van der Waals surface area contributed by atoms with Gasteiger partial charge in [-0.2, -0.15) is 0 Å². The number of hydrogen-bond acceptors (Lipinski definition) is 3. The van der Waals surface area contributed by atoms with Crippen molar-refractivity contribution >= 4 is 48.0 Å². The summed E-state index contributed by atoms with van der Waals surface area (Å²) in [5.41, 5.74) is 0.788. The van der Waals surface area contributed by atoms with Crippen molar-refractivity contribution in [3.8, 4) is 0 Å². The fourth-order valence-electron chi connectivity index (χ4n) is 2.00. The van der Waals surface area contributed by atoms with Crippen molar-refractivity contribution in [2.45, 2.75) is 12.5 Å². The van der Waals surface area contributed by atoms with E-state index in [1.165, 1.54) is 21.5 Å². The highest BCUT2D eigenvalue weighted by Crippen LogP contribution is 2.34. The van der Waals surface area contributed by atoms with Crippen LogP contribution in [-0.4, -0.2) is 5.11 Å². The van der Waals surface area contributed by atoms with E-state index in [-0.39, 0.29) is 5.82 Å². The van der Waals surface area contributed by atoms with Crippen LogP contribution < -0.4 is 0 Å². The van der Waals surface area contributed by atoms with Crippen molar-refractivity contribution in [1.29, 1.82) is 0 Å². The Balaban J connectivity index is 1.84. The van der Waals surface area contributed by atoms with Gasteiger partial charge in [-0.3, -0.25) is 0 Å². The first-order chi connectivity index (χ1) is 9.11. The third-order valence-corrected chi connectivity index (χ3v) is 5.49. The molecule has 0 bridgehead atoms. The highest BCUT2D eigenvalue weighted by Gasteiger charge is 2.13. The summed E-state index contributed by atoms with van der Waals surface area (Å²) in [6.07, 6.45) is -0.164. The Kier molecular flexibility index (Phi) is 3.71. The Morgan fingerprint density at radius 3 is 2.79 bits per heavy atom. The summed E-state index contributed by atoms with van der Waals surface area (Å²) in [6.45, 7) is 0. The van der Waals surface area contributed by atoms with E-state index in [0.29, 0.717) is 10.9 Å². The van der Waals surface area contributed by atoms with Gasteiger partial charge in [0.25, 0.3) is 0 Å². The van der Waals surface area contributed by atoms with Crippen LogP contribution in [0.15, 0.2) is 40.2 Å². The van der Waals surface area contributed by atoms with E-state index in [0.717, 1.165) is 10.4 Å². The molecule has 2 heterocycles. The molecule has 3 rings (SSSR count). The maximum absolute atomic E-state index is 13.3. The summed E-state index contributed by atoms with van der Waals surface area (Å²) >= 11 is 6.53. The molecule has 98 valence electrons. The lowest BCUT2D eigenvalue weighted by Crippen LogP contribution is -2.00. The van der Waals surface area contributed by atoms with Crippen molar-refractivity contribution in [1.82, 2.24) is 0 Å². The third-order valence-electron chi connectivity index (χ3n) is 2.84. The summed E-state index contributed by atoms with van der Waals surface area (Å²) in [5, 5.41) is 12.3. The van der Waals surface area contributed by atoms with Gasteiger partial charge in [0.2, 0.25) is 0 Å². The molecule has 0 saturated heterocycles. The quantitative estimate of drug-likeness (QED) is 0.688. The highest BCUT2D eigenvalue weighted by atomic mass is 79.9. The monoisotopic (exact) mass is 356 g/mol. The van der Waals surface area contributed by atoms with Gasteiger partial charge in [-0.1, -0.05) is 15.9 Å². The summed E-state index contributed by atoms with van der Waals surface area (Å²) in [6, 6.07) is 8.78. The predicted molar refractivity (Wildman–Crippen MR) is 82.5 cm³/mol. The number of thiophene rings is 2. The molecular weight excluding hydrogens is 347 g/mol. The normalized spacial score (nSPS) is 13.0. The molecule has 19 heavy (non-hydrogen) atoms. The Labute approximate surface area is 126 Å². The van der Waals surface area contributed by atoms with E-state index >= 15 is 0 Å². The Hall–Kier alpha value is -0.750. The van der Waals surface area contributed by atoms with E-state index in [4.69, 9.17) is 0 Å². The lowest BCUT2D eigenvalue weighted by Gasteiger charge is -2.09. The average Bonchev–Trinajstić information content (AvgIpc) is 2.86. The van der Waals surface area contributed by atoms with Gasteiger partial charge in [-0.25, -0.2) is 4.39 Å². The number of aliphatic hydroxyl groups is 1. The minimum Gasteiger partial charge on any atom is -0.387 e. The van der Waals surface area contributed by atoms with Crippen LogP contribution in [0, 0.1) is 5.82 Å². The van der Waals surface area contributed by atoms with Crippen LogP contribution in [0.1, 0.15) is 16.5 Å². The minimum atomic E-state index is -0.585. The summed E-state index contributed by atoms with van der Waals surface area (Å²) in [5.74, 6) is -0.288. The number of aliphatic hydroxyl groups excluding tert-OH is 1. The molecule has 0 aliphatic rings. The number of hydrogen-bond donors (Lipinski definition) is 1. The second-order valence-corrected chi connectivity index (χ2v) is 7.27. The van der Waals surface area contributed by atoms with E-state index in [1.807, 2.05) is 17.5 Å². The van der Waals surface area contributed by atoms with Gasteiger partial charge in [0, 0.05) is 25.2 Å². The first-order valence-corrected chi connectivity index (χ1v) is 8.21. The molecule has 0 amide bonds. The predicted octanol–water partition coefficient (Wildman–Crippen LogP) is 5.14. The number of benzene rings is 1. The molecule has 0 saturated carbocycles. The molecule has 1 unspecified atom stereocenters. The molecule has 3 aromatic rings. The van der Waals surface area contributed by atoms with Gasteiger partial charge in [0.15, 0.2) is 0 Å². The van der Waals surface area contributed by atoms with Gasteiger partial charge in [-0.05, 0) is 41.3 Å². The van der Waals surface area contributed by atoms with Crippen molar-refractivity contribution in [2.75, 3.05) is 0 Å². The number of halogens is 2. The third kappa shape index (κ3) is 2.89. The van der Waals surface area contributed by atoms with E-state index < -0.39 is 6.10 Å². The topological polar surface area (TPSA) is 20.2 Å². The molecule has 1 atom stereocenters. The van der Waals surface area contributed by atoms with Crippen LogP contribution in [0.25, 0.3) is 9.40 Å². The summed E-state index contributed by atoms with van der Waals surface area (Å²) in [4.78, 5) is 0.933. The molecule has 1 nitrogen and oxygen atoms in total. The summed E-state index contributed by atoms with van der Waals surface area (Å²) < 4.78 is 16.4. The minimum absolute atomic E-state index is 0.288. The van der Waals surface area contributed by atoms with Crippen LogP contribution in [-0.2, 0) is 6.42 Å². The largest absolute Gasteiger partial charge is 0.387 e. The molecule has 0 fully saturated rings. The van der Waals surface area contributed by atoms with Crippen LogP contribution in [0.4, 0.5) is 4.39 Å². The van der Waals surface area contributed by atoms with E-state index in [9.17, 15) is 9.50 Å². The fraction of sp³-hybridized carbons (Fsp3) is 0.143. The lowest BCUT2D eigenvalue weighted by atomic mass is 10.1. The Morgan fingerprint density at radius 2 is 2.05 bits per heavy atom. The van der Waals surface area contributed by atoms with Crippen molar-refractivity contribution in [3.63, 3.8) is 0 Å². The van der Waals surface area contributed by atoms with Gasteiger partial charge in [0.1, 0.15) is 5.82 Å². The zero-order chi connectivity index (χ0) is 13.4. The smallest absolute Gasteiger partial charge is 0.124 e. The van der Waals surface area contributed by atoms with E-state index in [1.54, 1.807) is 22.7 Å². The number of rotatable bonds is 3. The van der Waals surface area contributed by atoms with E-state index in [2.05, 4.69) is 22.0 Å². The second-order valence-electron chi connectivity index (χ2n) is 4.30. The standard InChI is InChI=1S/C14H10BrFOS2/c15-9-3-8(4-10(16)6-9)5-11(17)13-7-14-12(19-13)1-2-18-14/h1-4,6-7,11,17H,5H2. The summed E-state index contributed by atoms with van der Waals surface area (Å²) in [7, 11) is 0. The highest BCUT2D eigenvalue weighted by molar-refractivity contribution is 9.10. The van der Waals surface area contributed by atoms with Crippen molar-refractivity contribution in [3.05, 3.63) is 56.4 Å². The first kappa shape index (κ1) is 13.2. The first-order valence-electron chi connectivity index (χ1n) is 5.72. The van der Waals surface area contributed by atoms with Gasteiger partial charge in [0.05, 0.1) is 6.10 Å². The van der Waals surface area contributed by atoms with Crippen LogP contribution >= 0.6 is 38.6 Å². The molecule has 0 spiro atoms. The molecule has 0 aliphatic heterocycles. The van der Waals surface area contributed by atoms with Crippen LogP contribution in [0.3, 0.4) is 0 Å². The van der Waals surface area contributed by atoms with Gasteiger partial charge >= 0.3 is 0 Å². The molecule has 2 aromatic heterocycles. The molecular formula is C14H10BrFOS2. The molecule has 1 N–H and O–H groups in total. The number of fused-ring (bicyclic) bond motifs is 1. The van der Waals surface area contributed by atoms with Crippen molar-refractivity contribution < 1.29 is 9.50 Å². The average molecular weight is 357 g/mol. The lowest BCUT2D eigenvalue weighted by molar-refractivity contribution is 0.182. The van der Waals surface area contributed by atoms with Gasteiger partial charge < -0.3 is 5.11 Å². The fourth-order valence-corrected chi connectivity index (χ4v) is 4.62. The Morgan fingerprint density at radius 1 is 1.21 bits per heavy atom. The maximum atomic E-state index is 13.3. The maximum Gasteiger partial charge on any atom is 0.124 e. The van der Waals surface area contributed by atoms with Crippen LogP contribution in [0.2, 0.25) is 0 Å². The van der Waals surface area contributed by atoms with Crippen LogP contribution in [0.5, 0.6) is 0 Å².